The number of hydrogen-bond donors (Lipinski definition) is 2. The van der Waals surface area contributed by atoms with Gasteiger partial charge in [0.1, 0.15) is 6.04 Å². The third-order valence-electron chi connectivity index (χ3n) is 6.10. The molecule has 0 aliphatic carbocycles. The van der Waals surface area contributed by atoms with Crippen LogP contribution in [0.25, 0.3) is 0 Å². The van der Waals surface area contributed by atoms with Gasteiger partial charge in [-0.25, -0.2) is 0 Å². The number of halogens is 3. The van der Waals surface area contributed by atoms with Crippen LogP contribution in [0.5, 0.6) is 0 Å². The summed E-state index contributed by atoms with van der Waals surface area (Å²) in [5, 5.41) is 6.56. The average molecular weight is 443 g/mol. The Hall–Kier alpha value is -2.53. The van der Waals surface area contributed by atoms with Crippen LogP contribution >= 0.6 is 0 Å². The predicted octanol–water partition coefficient (Wildman–Crippen LogP) is 3.25. The zero-order valence-corrected chi connectivity index (χ0v) is 18.3. The summed E-state index contributed by atoms with van der Waals surface area (Å²) in [4.78, 5) is 4.06. The smallest absolute Gasteiger partial charge is 0.355 e. The Morgan fingerprint density at radius 3 is 2.50 bits per heavy atom. The summed E-state index contributed by atoms with van der Waals surface area (Å²) in [5.41, 5.74) is 2.40. The van der Waals surface area contributed by atoms with Crippen molar-refractivity contribution in [1.82, 2.24) is 15.5 Å². The highest BCUT2D eigenvalue weighted by molar-refractivity contribution is 5.55. The summed E-state index contributed by atoms with van der Waals surface area (Å²) in [5.74, 6) is 6.51. The van der Waals surface area contributed by atoms with Crippen molar-refractivity contribution < 1.29 is 13.2 Å². The van der Waals surface area contributed by atoms with Gasteiger partial charge < -0.3 is 15.5 Å². The number of nitrogens with zero attached hydrogens (tertiary/aromatic N) is 2. The average Bonchev–Trinajstić information content (AvgIpc) is 2.79. The van der Waals surface area contributed by atoms with Gasteiger partial charge in [-0.1, -0.05) is 36.1 Å². The first-order chi connectivity index (χ1) is 15.4. The van der Waals surface area contributed by atoms with Gasteiger partial charge in [-0.3, -0.25) is 4.90 Å². The van der Waals surface area contributed by atoms with Crippen molar-refractivity contribution in [3.8, 4) is 11.8 Å². The first-order valence-electron chi connectivity index (χ1n) is 11.1. The van der Waals surface area contributed by atoms with Crippen molar-refractivity contribution in [1.29, 1.82) is 0 Å². The monoisotopic (exact) mass is 442 g/mol. The number of anilines is 1. The molecule has 2 fully saturated rings. The van der Waals surface area contributed by atoms with E-state index in [0.29, 0.717) is 37.4 Å². The summed E-state index contributed by atoms with van der Waals surface area (Å²) in [7, 11) is 0. The standard InChI is InChI=1S/C25H29F3N4/c1-19-4-2-3-5-20(19)6-9-23-17-30-12-15-32(23)22-8-7-21(24(16-22)25(26,27)28)18-31-13-10-29-11-14-31/h2-5,7-8,16,23,29-30H,10-15,17-18H2,1H3. The van der Waals surface area contributed by atoms with Crippen LogP contribution in [0, 0.1) is 18.8 Å². The van der Waals surface area contributed by atoms with E-state index in [4.69, 9.17) is 0 Å². The molecule has 4 nitrogen and oxygen atoms in total. The predicted molar refractivity (Wildman–Crippen MR) is 122 cm³/mol. The number of hydrogen-bond acceptors (Lipinski definition) is 4. The zero-order valence-electron chi connectivity index (χ0n) is 18.3. The molecule has 2 aromatic carbocycles. The minimum atomic E-state index is -4.39. The van der Waals surface area contributed by atoms with Gasteiger partial charge >= 0.3 is 6.18 Å². The maximum atomic E-state index is 14.0. The summed E-state index contributed by atoms with van der Waals surface area (Å²) < 4.78 is 41.9. The van der Waals surface area contributed by atoms with Crippen molar-refractivity contribution in [2.45, 2.75) is 25.7 Å². The van der Waals surface area contributed by atoms with E-state index < -0.39 is 11.7 Å². The molecule has 0 aromatic heterocycles. The van der Waals surface area contributed by atoms with E-state index in [1.807, 2.05) is 42.2 Å². The van der Waals surface area contributed by atoms with Gasteiger partial charge in [0.2, 0.25) is 0 Å². The molecule has 1 unspecified atom stereocenters. The lowest BCUT2D eigenvalue weighted by Gasteiger charge is -2.36. The third-order valence-corrected chi connectivity index (χ3v) is 6.10. The molecule has 1 atom stereocenters. The first kappa shape index (κ1) is 22.7. The fourth-order valence-corrected chi connectivity index (χ4v) is 4.27. The molecule has 2 N–H and O–H groups in total. The van der Waals surface area contributed by atoms with Crippen LogP contribution in [-0.2, 0) is 12.7 Å². The van der Waals surface area contributed by atoms with Crippen LogP contribution in [0.15, 0.2) is 42.5 Å². The van der Waals surface area contributed by atoms with E-state index in [1.54, 1.807) is 6.07 Å². The zero-order chi connectivity index (χ0) is 22.6. The molecule has 0 radical (unpaired) electrons. The van der Waals surface area contributed by atoms with Gasteiger partial charge in [-0.2, -0.15) is 13.2 Å². The van der Waals surface area contributed by atoms with E-state index in [2.05, 4.69) is 27.4 Å². The Morgan fingerprint density at radius 1 is 1.00 bits per heavy atom. The van der Waals surface area contributed by atoms with Crippen LogP contribution in [-0.4, -0.2) is 56.8 Å². The summed E-state index contributed by atoms with van der Waals surface area (Å²) >= 11 is 0. The third kappa shape index (κ3) is 5.44. The molecule has 0 spiro atoms. The molecule has 0 amide bonds. The van der Waals surface area contributed by atoms with Gasteiger partial charge in [-0.15, -0.1) is 0 Å². The highest BCUT2D eigenvalue weighted by Gasteiger charge is 2.35. The molecule has 32 heavy (non-hydrogen) atoms. The van der Waals surface area contributed by atoms with Crippen LogP contribution in [0.4, 0.5) is 18.9 Å². The highest BCUT2D eigenvalue weighted by Crippen LogP contribution is 2.36. The van der Waals surface area contributed by atoms with Crippen LogP contribution in [0.1, 0.15) is 22.3 Å². The van der Waals surface area contributed by atoms with Crippen molar-refractivity contribution >= 4 is 5.69 Å². The fourth-order valence-electron chi connectivity index (χ4n) is 4.27. The molecule has 0 saturated carbocycles. The summed E-state index contributed by atoms with van der Waals surface area (Å²) in [6.45, 7) is 7.39. The number of alkyl halides is 3. The minimum Gasteiger partial charge on any atom is -0.355 e. The summed E-state index contributed by atoms with van der Waals surface area (Å²) in [6.07, 6.45) is -4.39. The molecule has 0 bridgehead atoms. The fraction of sp³-hybridized carbons (Fsp3) is 0.440. The van der Waals surface area contributed by atoms with Crippen molar-refractivity contribution in [2.24, 2.45) is 0 Å². The SMILES string of the molecule is Cc1ccccc1C#CC1CNCCN1c1ccc(CN2CCNCC2)c(C(F)(F)F)c1. The van der Waals surface area contributed by atoms with E-state index in [0.717, 1.165) is 37.3 Å². The lowest BCUT2D eigenvalue weighted by molar-refractivity contribution is -0.138. The molecule has 2 heterocycles. The van der Waals surface area contributed by atoms with Crippen LogP contribution < -0.4 is 15.5 Å². The number of aryl methyl sites for hydroxylation is 1. The Morgan fingerprint density at radius 2 is 1.75 bits per heavy atom. The second-order valence-electron chi connectivity index (χ2n) is 8.36. The second kappa shape index (κ2) is 9.95. The Kier molecular flexibility index (Phi) is 7.04. The minimum absolute atomic E-state index is 0.191. The Bertz CT molecular complexity index is 987. The van der Waals surface area contributed by atoms with E-state index in [-0.39, 0.29) is 6.04 Å². The molecule has 2 saturated heterocycles. The van der Waals surface area contributed by atoms with Gasteiger partial charge in [-0.05, 0) is 36.2 Å². The van der Waals surface area contributed by atoms with Crippen molar-refractivity contribution in [3.05, 3.63) is 64.7 Å². The van der Waals surface area contributed by atoms with E-state index in [1.165, 1.54) is 6.07 Å². The number of benzene rings is 2. The van der Waals surface area contributed by atoms with Crippen molar-refractivity contribution in [2.75, 3.05) is 50.7 Å². The van der Waals surface area contributed by atoms with Crippen LogP contribution in [0.3, 0.4) is 0 Å². The van der Waals surface area contributed by atoms with E-state index in [9.17, 15) is 13.2 Å². The number of rotatable bonds is 3. The van der Waals surface area contributed by atoms with Crippen molar-refractivity contribution in [3.63, 3.8) is 0 Å². The maximum Gasteiger partial charge on any atom is 0.416 e. The molecular formula is C25H29F3N4. The number of piperazine rings is 2. The molecule has 2 aliphatic heterocycles. The Labute approximate surface area is 187 Å². The van der Waals surface area contributed by atoms with E-state index >= 15 is 0 Å². The van der Waals surface area contributed by atoms with Gasteiger partial charge in [0, 0.05) is 63.6 Å². The highest BCUT2D eigenvalue weighted by atomic mass is 19.4. The molecule has 7 heteroatoms. The second-order valence-corrected chi connectivity index (χ2v) is 8.36. The molecule has 4 rings (SSSR count). The van der Waals surface area contributed by atoms with Gasteiger partial charge in [0.05, 0.1) is 5.56 Å². The Balaban J connectivity index is 1.61. The lowest BCUT2D eigenvalue weighted by atomic mass is 10.0. The largest absolute Gasteiger partial charge is 0.416 e. The molecule has 2 aromatic rings. The quantitative estimate of drug-likeness (QED) is 0.715. The summed E-state index contributed by atoms with van der Waals surface area (Å²) in [6, 6.07) is 12.5. The normalized spacial score (nSPS) is 20.0. The lowest BCUT2D eigenvalue weighted by Crippen LogP contribution is -2.51. The van der Waals surface area contributed by atoms with Gasteiger partial charge in [0.15, 0.2) is 0 Å². The molecule has 170 valence electrons. The molecular weight excluding hydrogens is 413 g/mol. The van der Waals surface area contributed by atoms with Crippen LogP contribution in [0.2, 0.25) is 0 Å². The molecule has 2 aliphatic rings. The topological polar surface area (TPSA) is 30.5 Å². The first-order valence-corrected chi connectivity index (χ1v) is 11.1. The maximum absolute atomic E-state index is 14.0. The van der Waals surface area contributed by atoms with Gasteiger partial charge in [0.25, 0.3) is 0 Å². The number of nitrogens with one attached hydrogen (secondary N) is 2.